The lowest BCUT2D eigenvalue weighted by Crippen LogP contribution is -2.67. The van der Waals surface area contributed by atoms with Crippen molar-refractivity contribution in [2.75, 3.05) is 19.7 Å². The molecule has 10 atom stereocenters. The number of hydrogen-bond donors (Lipinski definition) is 8. The first-order chi connectivity index (χ1) is 35.0. The van der Waals surface area contributed by atoms with Crippen LogP contribution in [-0.2, 0) is 27.1 Å². The van der Waals surface area contributed by atoms with Gasteiger partial charge in [-0.25, -0.2) is 0 Å². The molecule has 1 spiro atoms. The number of rotatable bonds is 11. The summed E-state index contributed by atoms with van der Waals surface area (Å²) in [6.07, 6.45) is 22.0. The summed E-state index contributed by atoms with van der Waals surface area (Å²) in [6.45, 7) is 2.96. The zero-order chi connectivity index (χ0) is 49.3. The number of pyridine rings is 1. The quantitative estimate of drug-likeness (QED) is 0.0218. The number of aromatic nitrogens is 3. The number of nitrogens with one attached hydrogen (secondary N) is 4. The van der Waals surface area contributed by atoms with Crippen molar-refractivity contribution in [1.82, 2.24) is 30.5 Å². The van der Waals surface area contributed by atoms with E-state index in [9.17, 15) is 20.1 Å². The predicted molar refractivity (Wildman–Crippen MR) is 271 cm³/mol. The zero-order valence-electron chi connectivity index (χ0n) is 40.3. The number of allylic oxidation sites excluding steroid dienone is 3. The summed E-state index contributed by atoms with van der Waals surface area (Å²) in [5, 5.41) is 45.4. The van der Waals surface area contributed by atoms with Gasteiger partial charge in [0.2, 0.25) is 5.75 Å². The Labute approximate surface area is 418 Å². The van der Waals surface area contributed by atoms with E-state index in [1.807, 2.05) is 36.5 Å². The molecule has 7 heterocycles. The Bertz CT molecular complexity index is 2980. The van der Waals surface area contributed by atoms with E-state index in [1.165, 1.54) is 18.6 Å². The first-order valence-corrected chi connectivity index (χ1v) is 25.3. The molecular weight excluding hydrogens is 913 g/mol. The van der Waals surface area contributed by atoms with Gasteiger partial charge in [0.15, 0.2) is 29.0 Å². The second-order valence-electron chi connectivity index (χ2n) is 20.1. The molecule has 4 aliphatic heterocycles. The molecule has 374 valence electrons. The number of aromatic amines is 1. The van der Waals surface area contributed by atoms with Crippen molar-refractivity contribution in [2.45, 2.75) is 101 Å². The van der Waals surface area contributed by atoms with E-state index >= 15 is 0 Å². The van der Waals surface area contributed by atoms with Crippen LogP contribution in [0.3, 0.4) is 0 Å². The molecule has 5 aromatic rings. The fourth-order valence-corrected chi connectivity index (χ4v) is 11.8. The largest absolute Gasteiger partial charge is 0.504 e. The third-order valence-electron chi connectivity index (χ3n) is 15.3. The molecule has 0 radical (unpaired) electrons. The molecule has 72 heavy (non-hydrogen) atoms. The molecule has 3 aromatic heterocycles. The third kappa shape index (κ3) is 9.77. The number of ether oxygens (including phenoxy) is 4. The van der Waals surface area contributed by atoms with Crippen LogP contribution in [0.1, 0.15) is 80.8 Å². The fourth-order valence-electron chi connectivity index (χ4n) is 11.8. The molecule has 2 aromatic carbocycles. The minimum absolute atomic E-state index is 0.0538. The average molecular weight is 975 g/mol. The Hall–Kier alpha value is -7.51. The van der Waals surface area contributed by atoms with Gasteiger partial charge in [-0.05, 0) is 103 Å². The topological polar surface area (TPSA) is 223 Å². The van der Waals surface area contributed by atoms with E-state index in [0.717, 1.165) is 60.7 Å². The highest BCUT2D eigenvalue weighted by Crippen LogP contribution is 2.49. The van der Waals surface area contributed by atoms with Gasteiger partial charge in [-0.3, -0.25) is 14.8 Å². The molecule has 0 amide bonds. The number of aromatic hydroxyl groups is 3. The van der Waals surface area contributed by atoms with Gasteiger partial charge in [-0.15, -0.1) is 0 Å². The van der Waals surface area contributed by atoms with Crippen LogP contribution in [-0.4, -0.2) is 85.3 Å². The highest BCUT2D eigenvalue weighted by molar-refractivity contribution is 5.83. The lowest BCUT2D eigenvalue weighted by Gasteiger charge is -2.51. The van der Waals surface area contributed by atoms with E-state index in [4.69, 9.17) is 29.7 Å². The molecule has 2 saturated heterocycles. The molecule has 16 nitrogen and oxygen atoms in total. The summed E-state index contributed by atoms with van der Waals surface area (Å²) in [7, 11) is 0. The van der Waals surface area contributed by atoms with Crippen LogP contribution in [0, 0.1) is 35.5 Å². The molecule has 0 unspecified atom stereocenters. The van der Waals surface area contributed by atoms with Gasteiger partial charge in [0.25, 0.3) is 0 Å². The SMILES string of the molecule is CC(=O)O[C@H]1C[C@@H](c2cc(O)c(O)c(OCCc3cccnc3)c2)O[C@@H]2[C@H]1C=C[C@@H]1C#C[C@H]3[C@@H](CCC[C@]34C[C@H](n3cc5cc[nH]c5c3)NC(=NCCCC3=CCNC(N)=C3)N4)Oc3cc(ccc3O)C[C@@H]21. The number of esters is 1. The minimum atomic E-state index is -0.647. The number of fused-ring (bicyclic) bond motifs is 8. The van der Waals surface area contributed by atoms with E-state index in [0.29, 0.717) is 55.3 Å². The van der Waals surface area contributed by atoms with Crippen LogP contribution >= 0.6 is 0 Å². The van der Waals surface area contributed by atoms with Crippen molar-refractivity contribution in [1.29, 1.82) is 0 Å². The van der Waals surface area contributed by atoms with E-state index < -0.39 is 29.8 Å². The molecule has 6 aliphatic rings. The van der Waals surface area contributed by atoms with Crippen LogP contribution < -0.4 is 31.2 Å². The smallest absolute Gasteiger partial charge is 0.302 e. The summed E-state index contributed by atoms with van der Waals surface area (Å²) in [5.41, 5.74) is 10.2. The van der Waals surface area contributed by atoms with Crippen molar-refractivity contribution in [3.8, 4) is 40.6 Å². The monoisotopic (exact) mass is 974 g/mol. The normalized spacial score (nSPS) is 29.0. The number of phenolic OH excluding ortho intramolecular Hbond substituents is 3. The number of nitrogens with two attached hydrogens (primary N) is 1. The number of guanidine groups is 1. The molecule has 11 rings (SSSR count). The number of carbonyl (C=O) groups excluding carboxylic acids is 1. The number of carbonyl (C=O) groups is 1. The number of dihydropyridines is 1. The summed E-state index contributed by atoms with van der Waals surface area (Å²) in [5.74, 6) is 7.30. The van der Waals surface area contributed by atoms with Crippen LogP contribution in [0.5, 0.6) is 28.7 Å². The maximum Gasteiger partial charge on any atom is 0.302 e. The van der Waals surface area contributed by atoms with Gasteiger partial charge >= 0.3 is 5.97 Å². The number of benzene rings is 2. The second-order valence-corrected chi connectivity index (χ2v) is 20.1. The first kappa shape index (κ1) is 46.8. The minimum Gasteiger partial charge on any atom is -0.504 e. The summed E-state index contributed by atoms with van der Waals surface area (Å²) < 4.78 is 28.5. The van der Waals surface area contributed by atoms with Gasteiger partial charge in [0.1, 0.15) is 18.4 Å². The van der Waals surface area contributed by atoms with Gasteiger partial charge in [0, 0.05) is 93.4 Å². The highest BCUT2D eigenvalue weighted by atomic mass is 16.6. The number of phenols is 3. The Morgan fingerprint density at radius 1 is 1.08 bits per heavy atom. The molecular formula is C56H62N8O8. The van der Waals surface area contributed by atoms with Crippen LogP contribution in [0.15, 0.2) is 120 Å². The van der Waals surface area contributed by atoms with Crippen molar-refractivity contribution < 1.29 is 39.1 Å². The average Bonchev–Trinajstić information content (AvgIpc) is 3.99. The molecule has 16 heteroatoms. The Balaban J connectivity index is 0.936. The molecule has 1 saturated carbocycles. The number of aliphatic imine (C=N–C) groups is 1. The standard InChI is InChI=1S/C56H62N8O8/c1-33(65)70-48-28-47(39-26-45(67)53(68)50(27-39)69-22-16-35-6-3-18-58-30-35)72-54-40(48)11-9-37-10-12-42-46(71-49-24-36(23-41(37)54)8-13-44(49)66)7-2-17-56(42)29-52(64-31-38-15-21-59-43(38)32-64)62-55(63-56)61-19-4-5-34-14-20-60-51(57)25-34/h3,6,8-9,11,13-15,18,21,24-27,30-32,37,40-42,46-48,52,54,59-60,66-68H,2,4-5,7,16-17,19-20,22-23,28-29,57H2,1H3,(H2,61,62,63)/t37-,40+,41-,42+,46-,47+,48+,52+,54-,56+/m1/s1. The number of nitrogens with zero attached hydrogens (tertiary/aromatic N) is 3. The molecule has 3 fully saturated rings. The van der Waals surface area contributed by atoms with Crippen molar-refractivity contribution >= 4 is 22.8 Å². The zero-order valence-corrected chi connectivity index (χ0v) is 40.3. The van der Waals surface area contributed by atoms with E-state index in [2.05, 4.69) is 79.0 Å². The van der Waals surface area contributed by atoms with Crippen LogP contribution in [0.25, 0.3) is 10.9 Å². The predicted octanol–water partition coefficient (Wildman–Crippen LogP) is 7.08. The number of H-pyrrole nitrogens is 1. The van der Waals surface area contributed by atoms with Crippen LogP contribution in [0.2, 0.25) is 0 Å². The second kappa shape index (κ2) is 19.9. The lowest BCUT2D eigenvalue weighted by molar-refractivity contribution is -0.179. The summed E-state index contributed by atoms with van der Waals surface area (Å²) in [4.78, 5) is 25.5. The fraction of sp³-hybridized carbons (Fsp3) is 0.411. The van der Waals surface area contributed by atoms with E-state index in [-0.39, 0.29) is 65.5 Å². The van der Waals surface area contributed by atoms with Crippen molar-refractivity contribution in [3.63, 3.8) is 0 Å². The van der Waals surface area contributed by atoms with Gasteiger partial charge in [-0.1, -0.05) is 42.2 Å². The molecule has 2 bridgehead atoms. The van der Waals surface area contributed by atoms with Crippen LogP contribution in [0.4, 0.5) is 0 Å². The lowest BCUT2D eigenvalue weighted by atomic mass is 9.67. The maximum absolute atomic E-state index is 12.8. The van der Waals surface area contributed by atoms with Crippen molar-refractivity contribution in [3.05, 3.63) is 132 Å². The number of hydrogen-bond acceptors (Lipinski definition) is 12. The highest BCUT2D eigenvalue weighted by Gasteiger charge is 2.52. The van der Waals surface area contributed by atoms with E-state index in [1.54, 1.807) is 24.5 Å². The summed E-state index contributed by atoms with van der Waals surface area (Å²) >= 11 is 0. The third-order valence-corrected chi connectivity index (χ3v) is 15.3. The van der Waals surface area contributed by atoms with Gasteiger partial charge in [-0.2, -0.15) is 0 Å². The van der Waals surface area contributed by atoms with Crippen molar-refractivity contribution in [2.24, 2.45) is 34.4 Å². The first-order valence-electron chi connectivity index (χ1n) is 25.3. The molecule has 9 N–H and O–H groups in total. The van der Waals surface area contributed by atoms with Gasteiger partial charge in [0.05, 0.1) is 41.6 Å². The maximum atomic E-state index is 12.8. The summed E-state index contributed by atoms with van der Waals surface area (Å²) in [6, 6.07) is 14.6. The Kier molecular flexibility index (Phi) is 13.0. The Morgan fingerprint density at radius 3 is 2.85 bits per heavy atom. The van der Waals surface area contributed by atoms with Gasteiger partial charge < -0.3 is 65.5 Å². The Morgan fingerprint density at radius 2 is 2.00 bits per heavy atom. The molecule has 2 aliphatic carbocycles.